The summed E-state index contributed by atoms with van der Waals surface area (Å²) in [6.07, 6.45) is 0. The lowest BCUT2D eigenvalue weighted by atomic mass is 10.1. The Balaban J connectivity index is 2.33. The molecular weight excluding hydrogens is 208 g/mol. The molecule has 0 aromatic heterocycles. The first-order valence-electron chi connectivity index (χ1n) is 4.02. The predicted octanol–water partition coefficient (Wildman–Crippen LogP) is 1.42. The third-order valence-electron chi connectivity index (χ3n) is 1.92. The topological polar surface area (TPSA) is 55.4 Å². The number of nitrogens with one attached hydrogen (secondary N) is 1. The van der Waals surface area contributed by atoms with Gasteiger partial charge in [-0.05, 0) is 12.1 Å². The van der Waals surface area contributed by atoms with E-state index in [4.69, 9.17) is 0 Å². The SMILES string of the molecule is O=C1Nc2cc(OC(F)F)ccc2C1=O. The Kier molecular flexibility index (Phi) is 2.11. The first kappa shape index (κ1) is 9.57. The van der Waals surface area contributed by atoms with E-state index in [0.717, 1.165) is 0 Å². The van der Waals surface area contributed by atoms with Gasteiger partial charge in [-0.15, -0.1) is 0 Å². The lowest BCUT2D eigenvalue weighted by molar-refractivity contribution is -0.112. The normalized spacial score (nSPS) is 14.1. The summed E-state index contributed by atoms with van der Waals surface area (Å²) < 4.78 is 27.8. The van der Waals surface area contributed by atoms with Crippen molar-refractivity contribution in [3.63, 3.8) is 0 Å². The van der Waals surface area contributed by atoms with Crippen molar-refractivity contribution in [3.8, 4) is 5.75 Å². The van der Waals surface area contributed by atoms with Gasteiger partial charge in [-0.1, -0.05) is 0 Å². The van der Waals surface area contributed by atoms with Crippen LogP contribution in [0.5, 0.6) is 5.75 Å². The van der Waals surface area contributed by atoms with Gasteiger partial charge in [0.2, 0.25) is 0 Å². The Morgan fingerprint density at radius 1 is 1.27 bits per heavy atom. The maximum Gasteiger partial charge on any atom is 0.387 e. The van der Waals surface area contributed by atoms with Gasteiger partial charge >= 0.3 is 6.61 Å². The zero-order valence-electron chi connectivity index (χ0n) is 7.29. The van der Waals surface area contributed by atoms with Crippen molar-refractivity contribution in [2.45, 2.75) is 6.61 Å². The van der Waals surface area contributed by atoms with E-state index >= 15 is 0 Å². The molecule has 0 saturated heterocycles. The molecule has 1 aliphatic heterocycles. The molecule has 1 aromatic rings. The number of amides is 1. The molecule has 0 spiro atoms. The number of anilines is 1. The lowest BCUT2D eigenvalue weighted by Crippen LogP contribution is -2.12. The number of fused-ring (bicyclic) bond motifs is 1. The van der Waals surface area contributed by atoms with Gasteiger partial charge in [-0.2, -0.15) is 8.78 Å². The van der Waals surface area contributed by atoms with Gasteiger partial charge in [0.25, 0.3) is 11.7 Å². The largest absolute Gasteiger partial charge is 0.435 e. The second-order valence-corrected chi connectivity index (χ2v) is 2.87. The molecule has 0 atom stereocenters. The molecule has 0 fully saturated rings. The summed E-state index contributed by atoms with van der Waals surface area (Å²) in [7, 11) is 0. The van der Waals surface area contributed by atoms with E-state index in [9.17, 15) is 18.4 Å². The van der Waals surface area contributed by atoms with Crippen molar-refractivity contribution in [2.24, 2.45) is 0 Å². The number of alkyl halides is 2. The van der Waals surface area contributed by atoms with Crippen molar-refractivity contribution >= 4 is 17.4 Å². The number of Topliss-reactive ketones (excluding diaryl/α,β-unsaturated/α-hetero) is 1. The van der Waals surface area contributed by atoms with Crippen LogP contribution in [0.15, 0.2) is 18.2 Å². The Morgan fingerprint density at radius 3 is 2.67 bits per heavy atom. The Labute approximate surface area is 82.8 Å². The number of ketones is 1. The Morgan fingerprint density at radius 2 is 2.00 bits per heavy atom. The maximum atomic E-state index is 11.8. The zero-order valence-corrected chi connectivity index (χ0v) is 7.29. The third kappa shape index (κ3) is 1.65. The zero-order chi connectivity index (χ0) is 11.0. The van der Waals surface area contributed by atoms with Gasteiger partial charge in [0.05, 0.1) is 11.3 Å². The van der Waals surface area contributed by atoms with Gasteiger partial charge in [0.1, 0.15) is 5.75 Å². The molecule has 0 bridgehead atoms. The number of hydrogen-bond acceptors (Lipinski definition) is 3. The molecule has 1 aromatic carbocycles. The van der Waals surface area contributed by atoms with Crippen LogP contribution in [0, 0.1) is 0 Å². The van der Waals surface area contributed by atoms with Gasteiger partial charge in [-0.25, -0.2) is 0 Å². The molecule has 6 heteroatoms. The van der Waals surface area contributed by atoms with Crippen LogP contribution in [0.2, 0.25) is 0 Å². The van der Waals surface area contributed by atoms with Crippen LogP contribution in [-0.4, -0.2) is 18.3 Å². The van der Waals surface area contributed by atoms with Crippen LogP contribution in [0.1, 0.15) is 10.4 Å². The summed E-state index contributed by atoms with van der Waals surface area (Å²) in [6, 6.07) is 3.67. The number of ether oxygens (including phenoxy) is 1. The summed E-state index contributed by atoms with van der Waals surface area (Å²) in [5.74, 6) is -1.54. The number of benzene rings is 1. The summed E-state index contributed by atoms with van der Waals surface area (Å²) in [4.78, 5) is 22.0. The molecule has 4 nitrogen and oxygen atoms in total. The van der Waals surface area contributed by atoms with E-state index in [-0.39, 0.29) is 17.0 Å². The molecule has 0 aliphatic carbocycles. The minimum absolute atomic E-state index is 0.0984. The van der Waals surface area contributed by atoms with Crippen LogP contribution in [0.25, 0.3) is 0 Å². The first-order valence-corrected chi connectivity index (χ1v) is 4.02. The smallest absolute Gasteiger partial charge is 0.387 e. The highest BCUT2D eigenvalue weighted by Crippen LogP contribution is 2.28. The van der Waals surface area contributed by atoms with Crippen LogP contribution in [-0.2, 0) is 4.79 Å². The van der Waals surface area contributed by atoms with E-state index < -0.39 is 18.3 Å². The highest BCUT2D eigenvalue weighted by molar-refractivity contribution is 6.51. The average Bonchev–Trinajstić information content (AvgIpc) is 2.41. The van der Waals surface area contributed by atoms with Crippen LogP contribution in [0.4, 0.5) is 14.5 Å². The minimum Gasteiger partial charge on any atom is -0.435 e. The Bertz CT molecular complexity index is 445. The van der Waals surface area contributed by atoms with E-state index in [0.29, 0.717) is 0 Å². The molecule has 0 unspecified atom stereocenters. The Hall–Kier alpha value is -1.98. The molecule has 15 heavy (non-hydrogen) atoms. The van der Waals surface area contributed by atoms with Crippen molar-refractivity contribution in [2.75, 3.05) is 5.32 Å². The van der Waals surface area contributed by atoms with E-state index in [1.807, 2.05) is 0 Å². The van der Waals surface area contributed by atoms with Gasteiger partial charge < -0.3 is 10.1 Å². The van der Waals surface area contributed by atoms with Crippen molar-refractivity contribution in [1.82, 2.24) is 0 Å². The van der Waals surface area contributed by atoms with E-state index in [1.54, 1.807) is 0 Å². The first-order chi connectivity index (χ1) is 7.08. The van der Waals surface area contributed by atoms with Crippen molar-refractivity contribution in [1.29, 1.82) is 0 Å². The van der Waals surface area contributed by atoms with E-state index in [2.05, 4.69) is 10.1 Å². The summed E-state index contributed by atoms with van der Waals surface area (Å²) in [5.41, 5.74) is 0.366. The molecule has 2 rings (SSSR count). The summed E-state index contributed by atoms with van der Waals surface area (Å²) in [6.45, 7) is -2.93. The standard InChI is InChI=1S/C9H5F2NO3/c10-9(11)15-4-1-2-5-6(3-4)12-8(14)7(5)13/h1-3,9H,(H,12,13,14). The highest BCUT2D eigenvalue weighted by atomic mass is 19.3. The molecule has 0 saturated carbocycles. The number of hydrogen-bond donors (Lipinski definition) is 1. The van der Waals surface area contributed by atoms with Crippen LogP contribution < -0.4 is 10.1 Å². The monoisotopic (exact) mass is 213 g/mol. The molecule has 1 heterocycles. The third-order valence-corrected chi connectivity index (χ3v) is 1.92. The molecule has 1 amide bonds. The number of halogens is 2. The lowest BCUT2D eigenvalue weighted by Gasteiger charge is -2.05. The fraction of sp³-hybridized carbons (Fsp3) is 0.111. The van der Waals surface area contributed by atoms with Gasteiger partial charge in [-0.3, -0.25) is 9.59 Å². The number of carbonyl (C=O) groups excluding carboxylic acids is 2. The minimum atomic E-state index is -2.93. The molecule has 0 radical (unpaired) electrons. The quantitative estimate of drug-likeness (QED) is 0.756. The van der Waals surface area contributed by atoms with Crippen LogP contribution in [0.3, 0.4) is 0 Å². The van der Waals surface area contributed by atoms with E-state index in [1.165, 1.54) is 18.2 Å². The average molecular weight is 213 g/mol. The predicted molar refractivity (Wildman–Crippen MR) is 46.0 cm³/mol. The number of carbonyl (C=O) groups is 2. The highest BCUT2D eigenvalue weighted by Gasteiger charge is 2.28. The van der Waals surface area contributed by atoms with Crippen molar-refractivity contribution < 1.29 is 23.1 Å². The molecule has 78 valence electrons. The second kappa shape index (κ2) is 3.30. The second-order valence-electron chi connectivity index (χ2n) is 2.87. The molecule has 1 aliphatic rings. The fourth-order valence-corrected chi connectivity index (χ4v) is 1.30. The van der Waals surface area contributed by atoms with Gasteiger partial charge in [0, 0.05) is 6.07 Å². The summed E-state index contributed by atoms with van der Waals surface area (Å²) >= 11 is 0. The van der Waals surface area contributed by atoms with Crippen LogP contribution >= 0.6 is 0 Å². The summed E-state index contributed by atoms with van der Waals surface area (Å²) in [5, 5.41) is 2.25. The molecular formula is C9H5F2NO3. The molecule has 1 N–H and O–H groups in total. The maximum absolute atomic E-state index is 11.8. The fourth-order valence-electron chi connectivity index (χ4n) is 1.30. The van der Waals surface area contributed by atoms with Crippen molar-refractivity contribution in [3.05, 3.63) is 23.8 Å². The van der Waals surface area contributed by atoms with Gasteiger partial charge in [0.15, 0.2) is 0 Å². The number of rotatable bonds is 2.